The van der Waals surface area contributed by atoms with E-state index in [1.165, 1.54) is 0 Å². The van der Waals surface area contributed by atoms with Gasteiger partial charge in [0.2, 0.25) is 0 Å². The fourth-order valence-electron chi connectivity index (χ4n) is 0.357. The monoisotopic (exact) mass is 121 g/mol. The van der Waals surface area contributed by atoms with Crippen LogP contribution in [0.3, 0.4) is 0 Å². The third kappa shape index (κ3) is 1.92. The van der Waals surface area contributed by atoms with Gasteiger partial charge in [0.1, 0.15) is 0 Å². The van der Waals surface area contributed by atoms with Gasteiger partial charge in [-0.3, -0.25) is 4.84 Å². The van der Waals surface area contributed by atoms with Crippen LogP contribution in [0.25, 0.3) is 0 Å². The van der Waals surface area contributed by atoms with Crippen LogP contribution in [0.1, 0.15) is 0 Å². The molecule has 0 spiro atoms. The zero-order chi connectivity index (χ0) is 4.41. The molecule has 0 aromatic rings. The van der Waals surface area contributed by atoms with Gasteiger partial charge >= 0.3 is 0 Å². The Balaban J connectivity index is 0.000000360. The second kappa shape index (κ2) is 3.02. The van der Waals surface area contributed by atoms with Crippen LogP contribution in [0, 0.1) is 0 Å². The molecule has 1 heterocycles. The van der Waals surface area contributed by atoms with Crippen molar-refractivity contribution >= 4 is 12.4 Å². The average molecular weight is 122 g/mol. The summed E-state index contributed by atoms with van der Waals surface area (Å²) in [5.74, 6) is 0. The second-order valence-electron chi connectivity index (χ2n) is 1.36. The molecule has 0 aromatic heterocycles. The zero-order valence-electron chi connectivity index (χ0n) is 3.94. The number of hydroxylamine groups is 1. The first-order valence-corrected chi connectivity index (χ1v) is 1.91. The maximum Gasteiger partial charge on any atom is 0.0903 e. The van der Waals surface area contributed by atoms with E-state index < -0.39 is 0 Å². The summed E-state index contributed by atoms with van der Waals surface area (Å²) < 4.78 is 0. The minimum atomic E-state index is 0. The van der Waals surface area contributed by atoms with Crippen molar-refractivity contribution in [3.05, 3.63) is 12.2 Å². The first-order valence-electron chi connectivity index (χ1n) is 1.91. The summed E-state index contributed by atoms with van der Waals surface area (Å²) in [4.78, 5) is 4.71. The van der Waals surface area contributed by atoms with Gasteiger partial charge in [0.05, 0.1) is 6.61 Å². The van der Waals surface area contributed by atoms with E-state index >= 15 is 0 Å². The molecule has 3 heteroatoms. The van der Waals surface area contributed by atoms with E-state index in [0.29, 0.717) is 6.61 Å². The van der Waals surface area contributed by atoms with Crippen molar-refractivity contribution in [2.45, 2.75) is 0 Å². The molecule has 0 aliphatic carbocycles. The first-order chi connectivity index (χ1) is 2.89. The van der Waals surface area contributed by atoms with Crippen LogP contribution in [0.2, 0.25) is 0 Å². The summed E-state index contributed by atoms with van der Waals surface area (Å²) in [6.45, 7) is 5.17. The number of nitrogens with one attached hydrogen (secondary N) is 1. The van der Waals surface area contributed by atoms with Crippen molar-refractivity contribution in [3.63, 3.8) is 0 Å². The number of halogens is 1. The van der Waals surface area contributed by atoms with E-state index in [1.54, 1.807) is 0 Å². The molecule has 0 aromatic carbocycles. The van der Waals surface area contributed by atoms with Crippen LogP contribution in [-0.2, 0) is 4.84 Å². The Kier molecular flexibility index (Phi) is 3.00. The molecule has 0 saturated carbocycles. The maximum atomic E-state index is 4.71. The molecule has 1 N–H and O–H groups in total. The predicted molar refractivity (Wildman–Crippen MR) is 30.3 cm³/mol. The lowest BCUT2D eigenvalue weighted by molar-refractivity contribution is 0.106. The van der Waals surface area contributed by atoms with Crippen LogP contribution in [0.5, 0.6) is 0 Å². The molecule has 1 aliphatic heterocycles. The number of hydrogen-bond donors (Lipinski definition) is 1. The second-order valence-corrected chi connectivity index (χ2v) is 1.36. The molecule has 1 saturated heterocycles. The normalized spacial score (nSPS) is 19.1. The van der Waals surface area contributed by atoms with E-state index in [1.807, 2.05) is 0 Å². The average Bonchev–Trinajstić information content (AvgIpc) is 1.86. The van der Waals surface area contributed by atoms with E-state index in [0.717, 1.165) is 12.1 Å². The smallest absolute Gasteiger partial charge is 0.0903 e. The van der Waals surface area contributed by atoms with E-state index in [2.05, 4.69) is 12.1 Å². The lowest BCUT2D eigenvalue weighted by Gasteiger charge is -1.79. The molecule has 42 valence electrons. The van der Waals surface area contributed by atoms with E-state index in [4.69, 9.17) is 4.84 Å². The van der Waals surface area contributed by atoms with Crippen molar-refractivity contribution in [3.8, 4) is 0 Å². The third-order valence-corrected chi connectivity index (χ3v) is 0.701. The zero-order valence-corrected chi connectivity index (χ0v) is 4.75. The molecule has 0 bridgehead atoms. The highest BCUT2D eigenvalue weighted by Gasteiger charge is 2.00. The Hall–Kier alpha value is -0.0500. The van der Waals surface area contributed by atoms with Gasteiger partial charge < -0.3 is 0 Å². The molecule has 0 radical (unpaired) electrons. The summed E-state index contributed by atoms with van der Waals surface area (Å²) in [5.41, 5.74) is 3.79. The molecule has 1 aliphatic rings. The van der Waals surface area contributed by atoms with Crippen molar-refractivity contribution in [1.82, 2.24) is 5.48 Å². The van der Waals surface area contributed by atoms with E-state index in [9.17, 15) is 0 Å². The number of rotatable bonds is 0. The Labute approximate surface area is 48.9 Å². The van der Waals surface area contributed by atoms with Gasteiger partial charge in [-0.2, -0.15) is 5.48 Å². The topological polar surface area (TPSA) is 21.3 Å². The fourth-order valence-corrected chi connectivity index (χ4v) is 0.357. The SMILES string of the molecule is C=C1CNOC1.Cl. The minimum Gasteiger partial charge on any atom is -0.297 e. The molecule has 1 rings (SSSR count). The number of hydrogen-bond acceptors (Lipinski definition) is 2. The first kappa shape index (κ1) is 6.95. The summed E-state index contributed by atoms with van der Waals surface area (Å²) >= 11 is 0. The molecule has 0 amide bonds. The van der Waals surface area contributed by atoms with Crippen LogP contribution in [0.4, 0.5) is 0 Å². The van der Waals surface area contributed by atoms with Crippen LogP contribution in [0.15, 0.2) is 12.2 Å². The maximum absolute atomic E-state index is 4.71. The molecular formula is C4H8ClNO. The van der Waals surface area contributed by atoms with Crippen molar-refractivity contribution in [2.75, 3.05) is 13.2 Å². The van der Waals surface area contributed by atoms with Crippen LogP contribution >= 0.6 is 12.4 Å². The summed E-state index contributed by atoms with van der Waals surface area (Å²) in [5, 5.41) is 0. The standard InChI is InChI=1S/C4H7NO.ClH/c1-4-2-5-6-3-4;/h5H,1-3H2;1H. The van der Waals surface area contributed by atoms with Gasteiger partial charge in [0.15, 0.2) is 0 Å². The minimum absolute atomic E-state index is 0. The van der Waals surface area contributed by atoms with E-state index in [-0.39, 0.29) is 12.4 Å². The highest BCUT2D eigenvalue weighted by molar-refractivity contribution is 5.85. The summed E-state index contributed by atoms with van der Waals surface area (Å²) in [6, 6.07) is 0. The fraction of sp³-hybridized carbons (Fsp3) is 0.500. The van der Waals surface area contributed by atoms with Gasteiger partial charge in [-0.1, -0.05) is 6.58 Å². The van der Waals surface area contributed by atoms with Gasteiger partial charge in [-0.15, -0.1) is 12.4 Å². The van der Waals surface area contributed by atoms with Gasteiger partial charge in [-0.05, 0) is 5.57 Å². The molecule has 0 atom stereocenters. The molecular weight excluding hydrogens is 114 g/mol. The van der Waals surface area contributed by atoms with Gasteiger partial charge in [0.25, 0.3) is 0 Å². The Morgan fingerprint density at radius 1 is 1.71 bits per heavy atom. The van der Waals surface area contributed by atoms with Crippen LogP contribution < -0.4 is 5.48 Å². The summed E-state index contributed by atoms with van der Waals surface area (Å²) in [6.07, 6.45) is 0. The van der Waals surface area contributed by atoms with Crippen molar-refractivity contribution < 1.29 is 4.84 Å². The van der Waals surface area contributed by atoms with Crippen LogP contribution in [-0.4, -0.2) is 13.2 Å². The van der Waals surface area contributed by atoms with Gasteiger partial charge in [0, 0.05) is 6.54 Å². The largest absolute Gasteiger partial charge is 0.297 e. The molecule has 1 fully saturated rings. The summed E-state index contributed by atoms with van der Waals surface area (Å²) in [7, 11) is 0. The molecule has 0 unspecified atom stereocenters. The molecule has 2 nitrogen and oxygen atoms in total. The van der Waals surface area contributed by atoms with Crippen molar-refractivity contribution in [2.24, 2.45) is 0 Å². The lowest BCUT2D eigenvalue weighted by Crippen LogP contribution is -2.02. The highest BCUT2D eigenvalue weighted by atomic mass is 35.5. The van der Waals surface area contributed by atoms with Gasteiger partial charge in [-0.25, -0.2) is 0 Å². The Bertz CT molecular complexity index is 66.1. The quantitative estimate of drug-likeness (QED) is 0.472. The Morgan fingerprint density at radius 2 is 2.43 bits per heavy atom. The highest BCUT2D eigenvalue weighted by Crippen LogP contribution is 1.93. The third-order valence-electron chi connectivity index (χ3n) is 0.701. The molecule has 7 heavy (non-hydrogen) atoms. The van der Waals surface area contributed by atoms with Crippen molar-refractivity contribution in [1.29, 1.82) is 0 Å². The lowest BCUT2D eigenvalue weighted by atomic mass is 10.4. The Morgan fingerprint density at radius 3 is 2.57 bits per heavy atom. The predicted octanol–water partition coefficient (Wildman–Crippen LogP) is 0.499.